The van der Waals surface area contributed by atoms with E-state index >= 15 is 0 Å². The van der Waals surface area contributed by atoms with Crippen LogP contribution in [0.5, 0.6) is 0 Å². The van der Waals surface area contributed by atoms with Gasteiger partial charge in [0.25, 0.3) is 0 Å². The van der Waals surface area contributed by atoms with Gasteiger partial charge in [0.2, 0.25) is 0 Å². The molecule has 0 aliphatic heterocycles. The quantitative estimate of drug-likeness (QED) is 0.356. The summed E-state index contributed by atoms with van der Waals surface area (Å²) in [5.74, 6) is 0. The maximum absolute atomic E-state index is 5.53. The Labute approximate surface area is 180 Å². The van der Waals surface area contributed by atoms with Gasteiger partial charge >= 0.3 is 0 Å². The zero-order valence-electron chi connectivity index (χ0n) is 17.0. The molecular weight excluding hydrogens is 404 g/mol. The van der Waals surface area contributed by atoms with Crippen LogP contribution in [0.3, 0.4) is 0 Å². The van der Waals surface area contributed by atoms with Crippen molar-refractivity contribution in [3.8, 4) is 0 Å². The highest BCUT2D eigenvalue weighted by Crippen LogP contribution is 2.74. The van der Waals surface area contributed by atoms with Crippen LogP contribution < -0.4 is 21.2 Å². The second-order valence-electron chi connectivity index (χ2n) is 6.81. The summed E-state index contributed by atoms with van der Waals surface area (Å²) >= 11 is 0. The number of benzene rings is 4. The van der Waals surface area contributed by atoms with Crippen molar-refractivity contribution in [1.29, 1.82) is 0 Å². The molecule has 4 heteroatoms. The normalized spacial score (nSPS) is 11.4. The fourth-order valence-corrected chi connectivity index (χ4v) is 13.7. The van der Waals surface area contributed by atoms with Crippen molar-refractivity contribution < 1.29 is 4.74 Å². The lowest BCUT2D eigenvalue weighted by atomic mass is 10.4. The highest BCUT2D eigenvalue weighted by atomic mass is 32.1. The van der Waals surface area contributed by atoms with Gasteiger partial charge in [-0.25, -0.2) is 0 Å². The molecule has 0 amide bonds. The van der Waals surface area contributed by atoms with Crippen LogP contribution in [0.25, 0.3) is 0 Å². The minimum atomic E-state index is -2.21. The van der Waals surface area contributed by atoms with E-state index in [9.17, 15) is 0 Å². The molecular formula is C26H25NOP2. The Morgan fingerprint density at radius 1 is 0.600 bits per heavy atom. The monoisotopic (exact) mass is 429 g/mol. The average molecular weight is 429 g/mol. The van der Waals surface area contributed by atoms with Gasteiger partial charge in [0.15, 0.2) is 0 Å². The van der Waals surface area contributed by atoms with E-state index in [4.69, 9.17) is 9.48 Å². The second-order valence-corrected chi connectivity index (χ2v) is 13.9. The zero-order chi connectivity index (χ0) is 20.7. The van der Waals surface area contributed by atoms with E-state index in [0.29, 0.717) is 6.73 Å². The molecule has 4 rings (SSSR count). The van der Waals surface area contributed by atoms with Crippen LogP contribution in [-0.2, 0) is 4.74 Å². The standard InChI is InChI=1S/C26H25NOP2/c1-28-22-27-30(25-18-10-4-11-19-25,26-20-12-5-13-21-26)29(23-14-6-2-7-15-23)24-16-8-3-9-17-24/h2-21H,22H2,1H3. The molecule has 0 N–H and O–H groups in total. The van der Waals surface area contributed by atoms with Crippen molar-refractivity contribution in [3.05, 3.63) is 121 Å². The Morgan fingerprint density at radius 3 is 1.33 bits per heavy atom. The topological polar surface area (TPSA) is 21.6 Å². The summed E-state index contributed by atoms with van der Waals surface area (Å²) in [4.78, 5) is 0. The first kappa shape index (κ1) is 20.8. The molecule has 0 fully saturated rings. The summed E-state index contributed by atoms with van der Waals surface area (Å²) in [5.41, 5.74) is 0. The van der Waals surface area contributed by atoms with Gasteiger partial charge in [0, 0.05) is 25.3 Å². The van der Waals surface area contributed by atoms with Gasteiger partial charge in [-0.05, 0) is 10.6 Å². The van der Waals surface area contributed by atoms with Crippen molar-refractivity contribution >= 4 is 35.6 Å². The molecule has 150 valence electrons. The third-order valence-electron chi connectivity index (χ3n) is 4.91. The predicted molar refractivity (Wildman–Crippen MR) is 132 cm³/mol. The van der Waals surface area contributed by atoms with Crippen LogP contribution in [0.2, 0.25) is 0 Å². The zero-order valence-corrected chi connectivity index (χ0v) is 18.8. The minimum absolute atomic E-state index is 0.371. The SMILES string of the molecule is COCN=P(c1ccccc1)(c1ccccc1)P(c1ccccc1)c1ccccc1. The van der Waals surface area contributed by atoms with E-state index in [1.165, 1.54) is 21.2 Å². The van der Waals surface area contributed by atoms with Gasteiger partial charge in [-0.2, -0.15) is 0 Å². The first-order valence-corrected chi connectivity index (χ1v) is 13.7. The highest BCUT2D eigenvalue weighted by molar-refractivity contribution is 8.45. The number of hydrogen-bond donors (Lipinski definition) is 0. The lowest BCUT2D eigenvalue weighted by Gasteiger charge is -2.35. The van der Waals surface area contributed by atoms with Crippen LogP contribution in [0, 0.1) is 0 Å². The van der Waals surface area contributed by atoms with E-state index in [1.807, 2.05) is 0 Å². The van der Waals surface area contributed by atoms with E-state index in [1.54, 1.807) is 7.11 Å². The predicted octanol–water partition coefficient (Wildman–Crippen LogP) is 5.49. The van der Waals surface area contributed by atoms with Gasteiger partial charge in [-0.15, -0.1) is 0 Å². The molecule has 0 aromatic heterocycles. The van der Waals surface area contributed by atoms with E-state index in [-0.39, 0.29) is 0 Å². The Kier molecular flexibility index (Phi) is 6.92. The molecule has 0 atom stereocenters. The largest absolute Gasteiger partial charge is 0.363 e. The highest BCUT2D eigenvalue weighted by Gasteiger charge is 2.36. The molecule has 4 aromatic rings. The lowest BCUT2D eigenvalue weighted by molar-refractivity contribution is 0.210. The number of hydrogen-bond acceptors (Lipinski definition) is 2. The number of nitrogens with zero attached hydrogens (tertiary/aromatic N) is 1. The Bertz CT molecular complexity index is 1020. The first-order valence-electron chi connectivity index (χ1n) is 9.95. The molecule has 0 radical (unpaired) electrons. The van der Waals surface area contributed by atoms with Crippen molar-refractivity contribution in [3.63, 3.8) is 0 Å². The third-order valence-corrected chi connectivity index (χ3v) is 14.5. The van der Waals surface area contributed by atoms with E-state index < -0.39 is 14.4 Å². The molecule has 0 aliphatic carbocycles. The van der Waals surface area contributed by atoms with Crippen molar-refractivity contribution in [2.75, 3.05) is 13.8 Å². The van der Waals surface area contributed by atoms with Crippen LogP contribution in [0.4, 0.5) is 0 Å². The Hall–Kier alpha value is -2.50. The van der Waals surface area contributed by atoms with Crippen LogP contribution >= 0.6 is 14.4 Å². The van der Waals surface area contributed by atoms with Crippen molar-refractivity contribution in [1.82, 2.24) is 0 Å². The molecule has 0 bridgehead atoms. The Morgan fingerprint density at radius 2 is 0.967 bits per heavy atom. The maximum Gasteiger partial charge on any atom is 0.136 e. The number of ether oxygens (including phenoxy) is 1. The van der Waals surface area contributed by atoms with Crippen molar-refractivity contribution in [2.45, 2.75) is 0 Å². The third kappa shape index (κ3) is 4.18. The molecule has 0 saturated carbocycles. The lowest BCUT2D eigenvalue weighted by Crippen LogP contribution is -2.23. The number of rotatable bonds is 7. The van der Waals surface area contributed by atoms with Gasteiger partial charge in [0.05, 0.1) is 6.74 Å². The first-order chi connectivity index (χ1) is 14.9. The summed E-state index contributed by atoms with van der Waals surface area (Å²) in [6, 6.07) is 43.3. The van der Waals surface area contributed by atoms with E-state index in [2.05, 4.69) is 121 Å². The molecule has 30 heavy (non-hydrogen) atoms. The summed E-state index contributed by atoms with van der Waals surface area (Å²) in [6.07, 6.45) is 0. The van der Waals surface area contributed by atoms with Gasteiger partial charge < -0.3 is 4.74 Å². The molecule has 4 aromatic carbocycles. The van der Waals surface area contributed by atoms with Crippen LogP contribution in [0.15, 0.2) is 126 Å². The average Bonchev–Trinajstić information content (AvgIpc) is 2.84. The van der Waals surface area contributed by atoms with Gasteiger partial charge in [-0.1, -0.05) is 121 Å². The Balaban J connectivity index is 2.11. The van der Waals surface area contributed by atoms with Crippen LogP contribution in [-0.4, -0.2) is 13.8 Å². The summed E-state index contributed by atoms with van der Waals surface area (Å²) in [7, 11) is 0.925. The maximum atomic E-state index is 5.53. The molecule has 0 aliphatic rings. The smallest absolute Gasteiger partial charge is 0.136 e. The van der Waals surface area contributed by atoms with E-state index in [0.717, 1.165) is 0 Å². The minimum Gasteiger partial charge on any atom is -0.363 e. The molecule has 0 saturated heterocycles. The summed E-state index contributed by atoms with van der Waals surface area (Å²) in [6.45, 7) is -1.84. The molecule has 0 unspecified atom stereocenters. The fraction of sp³-hybridized carbons (Fsp3) is 0.0769. The molecule has 0 heterocycles. The van der Waals surface area contributed by atoms with Crippen molar-refractivity contribution in [2.24, 2.45) is 4.74 Å². The summed E-state index contributed by atoms with van der Waals surface area (Å²) in [5, 5.41) is 5.23. The molecule has 0 spiro atoms. The van der Waals surface area contributed by atoms with Gasteiger partial charge in [0.1, 0.15) is 6.73 Å². The van der Waals surface area contributed by atoms with Crippen LogP contribution in [0.1, 0.15) is 0 Å². The van der Waals surface area contributed by atoms with Gasteiger partial charge in [-0.3, -0.25) is 4.74 Å². The summed E-state index contributed by atoms with van der Waals surface area (Å²) < 4.78 is 10.9. The second kappa shape index (κ2) is 10.0. The number of methoxy groups -OCH3 is 1. The molecule has 2 nitrogen and oxygen atoms in total. The fourth-order valence-electron chi connectivity index (χ4n) is 3.64.